The molecule has 0 bridgehead atoms. The van der Waals surface area contributed by atoms with Crippen molar-refractivity contribution in [2.45, 2.75) is 37.8 Å². The van der Waals surface area contributed by atoms with Crippen molar-refractivity contribution in [3.8, 4) is 0 Å². The van der Waals surface area contributed by atoms with Crippen LogP contribution in [0.25, 0.3) is 0 Å². The molecule has 1 spiro atoms. The predicted molar refractivity (Wildman–Crippen MR) is 111 cm³/mol. The Morgan fingerprint density at radius 2 is 1.69 bits per heavy atom. The molecular weight excluding hydrogens is 342 g/mol. The fraction of sp³-hybridized carbons (Fsp3) is 0.333. The van der Waals surface area contributed by atoms with Crippen molar-refractivity contribution in [2.75, 3.05) is 16.8 Å². The first-order valence-corrected chi connectivity index (χ1v) is 9.36. The number of hydrogen-bond donors (Lipinski definition) is 1. The summed E-state index contributed by atoms with van der Waals surface area (Å²) in [6.45, 7) is 4.95. The van der Waals surface area contributed by atoms with Crippen molar-refractivity contribution in [2.24, 2.45) is 4.99 Å². The van der Waals surface area contributed by atoms with Crippen LogP contribution in [0.3, 0.4) is 0 Å². The number of ether oxygens (including phenoxy) is 1. The van der Waals surface area contributed by atoms with E-state index in [9.17, 15) is 0 Å². The normalized spacial score (nSPS) is 24.6. The summed E-state index contributed by atoms with van der Waals surface area (Å²) >= 11 is 5.70. The van der Waals surface area contributed by atoms with Gasteiger partial charge in [-0.05, 0) is 50.3 Å². The van der Waals surface area contributed by atoms with Gasteiger partial charge in [0, 0.05) is 30.8 Å². The highest BCUT2D eigenvalue weighted by molar-refractivity contribution is 7.80. The van der Waals surface area contributed by atoms with Crippen molar-refractivity contribution in [1.29, 1.82) is 0 Å². The van der Waals surface area contributed by atoms with E-state index in [2.05, 4.69) is 48.3 Å². The van der Waals surface area contributed by atoms with E-state index in [1.165, 1.54) is 0 Å². The molecule has 1 fully saturated rings. The van der Waals surface area contributed by atoms with Crippen LogP contribution in [0.1, 0.15) is 26.7 Å². The number of nitrogens with one attached hydrogen (secondary N) is 1. The molecule has 0 radical (unpaired) electrons. The fourth-order valence-corrected chi connectivity index (χ4v) is 4.38. The zero-order valence-electron chi connectivity index (χ0n) is 15.1. The largest absolute Gasteiger partial charge is 0.375 e. The molecule has 0 aromatic heterocycles. The van der Waals surface area contributed by atoms with Crippen LogP contribution in [0.2, 0.25) is 0 Å². The number of aliphatic imine (C=N–C) groups is 1. The van der Waals surface area contributed by atoms with Crippen molar-refractivity contribution in [3.63, 3.8) is 0 Å². The van der Waals surface area contributed by atoms with Crippen molar-refractivity contribution in [3.05, 3.63) is 60.7 Å². The van der Waals surface area contributed by atoms with Crippen LogP contribution >= 0.6 is 12.2 Å². The van der Waals surface area contributed by atoms with Crippen LogP contribution in [-0.2, 0) is 4.74 Å². The topological polar surface area (TPSA) is 36.9 Å². The molecule has 0 amide bonds. The lowest BCUT2D eigenvalue weighted by Gasteiger charge is -2.48. The monoisotopic (exact) mass is 365 g/mol. The van der Waals surface area contributed by atoms with Crippen LogP contribution in [0, 0.1) is 0 Å². The molecule has 2 aliphatic rings. The molecule has 5 heteroatoms. The number of para-hydroxylation sites is 2. The van der Waals surface area contributed by atoms with E-state index in [-0.39, 0.29) is 11.1 Å². The standard InChI is InChI=1S/C21H23N3OS/c1-20(2)15-21(13-14-25-20)18(22-16-9-5-3-6-10-16)23-19(26)24(21)17-11-7-4-8-12-17/h3-12H,13-15H2,1-2H3,(H,22,23,26)/t21-/m0/s1. The van der Waals surface area contributed by atoms with Crippen LogP contribution < -0.4 is 10.2 Å². The molecule has 2 aromatic rings. The van der Waals surface area contributed by atoms with Gasteiger partial charge in [-0.3, -0.25) is 0 Å². The minimum atomic E-state index is -0.323. The maximum atomic E-state index is 6.02. The number of anilines is 2. The second-order valence-electron chi connectivity index (χ2n) is 7.47. The van der Waals surface area contributed by atoms with Crippen LogP contribution in [0.5, 0.6) is 0 Å². The smallest absolute Gasteiger partial charge is 0.202 e. The molecule has 4 rings (SSSR count). The lowest BCUT2D eigenvalue weighted by molar-refractivity contribution is -0.0661. The zero-order valence-corrected chi connectivity index (χ0v) is 15.9. The summed E-state index contributed by atoms with van der Waals surface area (Å²) in [4.78, 5) is 7.00. The van der Waals surface area contributed by atoms with Crippen molar-refractivity contribution in [1.82, 2.24) is 0 Å². The third-order valence-electron chi connectivity index (χ3n) is 5.05. The van der Waals surface area contributed by atoms with Crippen LogP contribution in [0.4, 0.5) is 11.4 Å². The highest BCUT2D eigenvalue weighted by Crippen LogP contribution is 2.43. The summed E-state index contributed by atoms with van der Waals surface area (Å²) in [5, 5.41) is 4.14. The van der Waals surface area contributed by atoms with Crippen LogP contribution in [-0.4, -0.2) is 28.7 Å². The molecule has 1 N–H and O–H groups in total. The molecule has 2 heterocycles. The van der Waals surface area contributed by atoms with E-state index in [0.717, 1.165) is 30.1 Å². The molecule has 4 nitrogen and oxygen atoms in total. The average molecular weight is 366 g/mol. The van der Waals surface area contributed by atoms with Gasteiger partial charge in [0.25, 0.3) is 0 Å². The zero-order chi connectivity index (χ0) is 18.2. The number of nitrogens with zero attached hydrogens (tertiary/aromatic N) is 2. The highest BCUT2D eigenvalue weighted by atomic mass is 32.1. The van der Waals surface area contributed by atoms with Gasteiger partial charge in [-0.25, -0.2) is 4.99 Å². The Morgan fingerprint density at radius 3 is 2.35 bits per heavy atom. The summed E-state index contributed by atoms with van der Waals surface area (Å²) in [6, 6.07) is 20.4. The van der Waals surface area contributed by atoms with Gasteiger partial charge in [0.1, 0.15) is 11.4 Å². The van der Waals surface area contributed by atoms with Crippen molar-refractivity contribution >= 4 is 34.5 Å². The van der Waals surface area contributed by atoms with E-state index >= 15 is 0 Å². The molecule has 2 aliphatic heterocycles. The highest BCUT2D eigenvalue weighted by Gasteiger charge is 2.53. The minimum Gasteiger partial charge on any atom is -0.375 e. The van der Waals surface area contributed by atoms with Gasteiger partial charge in [-0.15, -0.1) is 0 Å². The third kappa shape index (κ3) is 3.02. The van der Waals surface area contributed by atoms with Gasteiger partial charge in [0.15, 0.2) is 0 Å². The summed E-state index contributed by atoms with van der Waals surface area (Å²) < 4.78 is 6.02. The van der Waals surface area contributed by atoms with E-state index in [0.29, 0.717) is 11.7 Å². The maximum Gasteiger partial charge on any atom is 0.202 e. The van der Waals surface area contributed by atoms with Crippen LogP contribution in [0.15, 0.2) is 65.7 Å². The van der Waals surface area contributed by atoms with Gasteiger partial charge in [-0.2, -0.15) is 0 Å². The summed E-state index contributed by atoms with van der Waals surface area (Å²) in [7, 11) is 0. The first-order chi connectivity index (χ1) is 12.5. The number of amidine groups is 1. The van der Waals surface area contributed by atoms with E-state index in [4.69, 9.17) is 21.9 Å². The number of rotatable bonds is 2. The van der Waals surface area contributed by atoms with Gasteiger partial charge in [0.2, 0.25) is 5.11 Å². The lowest BCUT2D eigenvalue weighted by atomic mass is 9.79. The second kappa shape index (κ2) is 6.49. The Kier molecular flexibility index (Phi) is 4.29. The molecule has 134 valence electrons. The quantitative estimate of drug-likeness (QED) is 0.787. The lowest BCUT2D eigenvalue weighted by Crippen LogP contribution is -2.60. The first kappa shape index (κ1) is 17.2. The van der Waals surface area contributed by atoms with E-state index in [1.54, 1.807) is 0 Å². The SMILES string of the molecule is CC1(C)C[C@@]2(CCO1)C(Nc1ccccc1)=NC(=S)N2c1ccccc1. The maximum absolute atomic E-state index is 6.02. The Labute approximate surface area is 159 Å². The Morgan fingerprint density at radius 1 is 1.04 bits per heavy atom. The van der Waals surface area contributed by atoms with E-state index < -0.39 is 0 Å². The number of benzene rings is 2. The third-order valence-corrected chi connectivity index (χ3v) is 5.32. The Balaban J connectivity index is 1.78. The van der Waals surface area contributed by atoms with Gasteiger partial charge in [0.05, 0.1) is 5.60 Å². The summed E-state index contributed by atoms with van der Waals surface area (Å²) in [5.41, 5.74) is 1.52. The van der Waals surface area contributed by atoms with Crippen molar-refractivity contribution < 1.29 is 4.74 Å². The number of thiocarbonyl (C=S) groups is 1. The fourth-order valence-electron chi connectivity index (χ4n) is 4.01. The summed E-state index contributed by atoms with van der Waals surface area (Å²) in [6.07, 6.45) is 1.65. The average Bonchev–Trinajstić information content (AvgIpc) is 2.86. The first-order valence-electron chi connectivity index (χ1n) is 8.95. The van der Waals surface area contributed by atoms with Gasteiger partial charge < -0.3 is 15.0 Å². The van der Waals surface area contributed by atoms with Gasteiger partial charge in [-0.1, -0.05) is 36.4 Å². The molecular formula is C21H23N3OS. The molecule has 1 saturated heterocycles. The molecule has 2 aromatic carbocycles. The second-order valence-corrected chi connectivity index (χ2v) is 7.84. The Bertz CT molecular complexity index is 835. The molecule has 26 heavy (non-hydrogen) atoms. The van der Waals surface area contributed by atoms with E-state index in [1.807, 2.05) is 36.4 Å². The van der Waals surface area contributed by atoms with Gasteiger partial charge >= 0.3 is 0 Å². The Hall–Kier alpha value is -2.24. The molecule has 0 unspecified atom stereocenters. The summed E-state index contributed by atoms with van der Waals surface area (Å²) in [5.74, 6) is 0.911. The molecule has 0 aliphatic carbocycles. The molecule has 1 atom stereocenters. The number of hydrogen-bond acceptors (Lipinski definition) is 3. The molecule has 0 saturated carbocycles. The predicted octanol–water partition coefficient (Wildman–Crippen LogP) is 4.63. The minimum absolute atomic E-state index is 0.246.